The first-order valence-electron chi connectivity index (χ1n) is 10.5. The molecular formula is C25H23N5O4. The predicted octanol–water partition coefficient (Wildman–Crippen LogP) is 3.43. The summed E-state index contributed by atoms with van der Waals surface area (Å²) >= 11 is 0. The highest BCUT2D eigenvalue weighted by molar-refractivity contribution is 5.95. The maximum absolute atomic E-state index is 12.6. The molecule has 0 radical (unpaired) electrons. The quantitative estimate of drug-likeness (QED) is 0.311. The summed E-state index contributed by atoms with van der Waals surface area (Å²) in [5, 5.41) is 6.78. The van der Waals surface area contributed by atoms with E-state index in [-0.39, 0.29) is 18.4 Å². The minimum absolute atomic E-state index is 0.153. The summed E-state index contributed by atoms with van der Waals surface area (Å²) in [6.07, 6.45) is 3.30. The van der Waals surface area contributed by atoms with Crippen molar-refractivity contribution in [3.63, 3.8) is 0 Å². The lowest BCUT2D eigenvalue weighted by atomic mass is 10.2. The number of ether oxygens (including phenoxy) is 2. The number of nitrogens with zero attached hydrogens (tertiary/aromatic N) is 3. The Hall–Kier alpha value is -4.66. The highest BCUT2D eigenvalue weighted by Crippen LogP contribution is 2.23. The first-order chi connectivity index (χ1) is 16.5. The number of amides is 2. The summed E-state index contributed by atoms with van der Waals surface area (Å²) in [5.74, 6) is 0.440. The van der Waals surface area contributed by atoms with Crippen LogP contribution < -0.4 is 20.2 Å². The molecule has 2 aromatic heterocycles. The number of fused-ring (bicyclic) bond motifs is 1. The number of nitrogens with one attached hydrogen (secondary N) is 2. The van der Waals surface area contributed by atoms with Crippen molar-refractivity contribution in [1.29, 1.82) is 0 Å². The molecule has 2 aromatic carbocycles. The van der Waals surface area contributed by atoms with Crippen LogP contribution in [0.15, 0.2) is 78.0 Å². The Labute approximate surface area is 196 Å². The number of carbonyl (C=O) groups excluding carboxylic acids is 2. The third kappa shape index (κ3) is 5.21. The maximum atomic E-state index is 12.6. The first kappa shape index (κ1) is 22.5. The van der Waals surface area contributed by atoms with E-state index in [0.717, 1.165) is 5.56 Å². The summed E-state index contributed by atoms with van der Waals surface area (Å²) < 4.78 is 12.5. The van der Waals surface area contributed by atoms with Crippen molar-refractivity contribution in [2.75, 3.05) is 19.0 Å². The van der Waals surface area contributed by atoms with E-state index >= 15 is 0 Å². The molecule has 0 aliphatic heterocycles. The van der Waals surface area contributed by atoms with Gasteiger partial charge >= 0.3 is 0 Å². The van der Waals surface area contributed by atoms with Gasteiger partial charge in [0.05, 0.1) is 24.7 Å². The number of methoxy groups -OCH3 is 1. The number of anilines is 1. The van der Waals surface area contributed by atoms with E-state index < -0.39 is 0 Å². The number of aromatic nitrogens is 2. The van der Waals surface area contributed by atoms with Crippen molar-refractivity contribution < 1.29 is 19.1 Å². The first-order valence-corrected chi connectivity index (χ1v) is 10.5. The molecule has 0 bridgehead atoms. The van der Waals surface area contributed by atoms with Crippen LogP contribution in [0, 0.1) is 6.92 Å². The fraction of sp³-hybridized carbons (Fsp3) is 0.120. The van der Waals surface area contributed by atoms with Crippen molar-refractivity contribution in [2.45, 2.75) is 6.92 Å². The number of carbonyl (C=O) groups is 2. The second-order valence-corrected chi connectivity index (χ2v) is 7.28. The number of hydrogen-bond acceptors (Lipinski definition) is 6. The van der Waals surface area contributed by atoms with Gasteiger partial charge in [-0.25, -0.2) is 10.4 Å². The maximum Gasteiger partial charge on any atom is 0.290 e. The molecule has 172 valence electrons. The summed E-state index contributed by atoms with van der Waals surface area (Å²) in [6.45, 7) is 1.63. The second-order valence-electron chi connectivity index (χ2n) is 7.28. The van der Waals surface area contributed by atoms with Crippen LogP contribution in [0.3, 0.4) is 0 Å². The van der Waals surface area contributed by atoms with Gasteiger partial charge in [-0.15, -0.1) is 0 Å². The standard InChI is InChI=1S/C25H23N5O4/c1-17-24(30-14-6-5-9-22(30)27-17)25(32)29-26-15-18-10-12-19(13-11-18)34-16-23(31)28-20-7-3-4-8-21(20)33-2/h3-15H,16H2,1-2H3,(H,28,31)(H,29,32)/b26-15-. The van der Waals surface area contributed by atoms with E-state index in [9.17, 15) is 9.59 Å². The van der Waals surface area contributed by atoms with Crippen LogP contribution in [-0.4, -0.2) is 41.1 Å². The Bertz CT molecular complexity index is 1350. The molecule has 0 unspecified atom stereocenters. The molecule has 4 aromatic rings. The molecule has 34 heavy (non-hydrogen) atoms. The number of para-hydroxylation sites is 2. The molecule has 0 saturated heterocycles. The number of rotatable bonds is 8. The normalized spacial score (nSPS) is 10.9. The van der Waals surface area contributed by atoms with E-state index in [2.05, 4.69) is 20.8 Å². The Kier molecular flexibility index (Phi) is 6.83. The van der Waals surface area contributed by atoms with E-state index in [4.69, 9.17) is 9.47 Å². The van der Waals surface area contributed by atoms with Crippen LogP contribution in [0.1, 0.15) is 21.7 Å². The van der Waals surface area contributed by atoms with Crippen LogP contribution >= 0.6 is 0 Å². The van der Waals surface area contributed by atoms with Gasteiger partial charge in [-0.3, -0.25) is 14.0 Å². The number of imidazole rings is 1. The van der Waals surface area contributed by atoms with E-state index in [0.29, 0.717) is 34.2 Å². The van der Waals surface area contributed by atoms with E-state index in [1.165, 1.54) is 6.21 Å². The zero-order valence-electron chi connectivity index (χ0n) is 18.7. The van der Waals surface area contributed by atoms with E-state index in [1.807, 2.05) is 24.3 Å². The lowest BCUT2D eigenvalue weighted by molar-refractivity contribution is -0.118. The monoisotopic (exact) mass is 457 g/mol. The zero-order valence-corrected chi connectivity index (χ0v) is 18.7. The number of benzene rings is 2. The smallest absolute Gasteiger partial charge is 0.290 e. The molecule has 0 aliphatic carbocycles. The Balaban J connectivity index is 1.30. The van der Waals surface area contributed by atoms with Crippen molar-refractivity contribution in [2.24, 2.45) is 5.10 Å². The number of aryl methyl sites for hydroxylation is 1. The SMILES string of the molecule is COc1ccccc1NC(=O)COc1ccc(/C=N\NC(=O)c2c(C)nc3ccccn23)cc1. The Morgan fingerprint density at radius 3 is 2.62 bits per heavy atom. The molecule has 9 heteroatoms. The average molecular weight is 457 g/mol. The lowest BCUT2D eigenvalue weighted by Gasteiger charge is -2.10. The molecule has 0 atom stereocenters. The van der Waals surface area contributed by atoms with Gasteiger partial charge in [-0.1, -0.05) is 18.2 Å². The summed E-state index contributed by atoms with van der Waals surface area (Å²) in [5.41, 5.74) is 5.60. The van der Waals surface area contributed by atoms with Crippen LogP contribution in [0.5, 0.6) is 11.5 Å². The molecule has 2 N–H and O–H groups in total. The van der Waals surface area contributed by atoms with Gasteiger partial charge in [0.15, 0.2) is 6.61 Å². The topological polar surface area (TPSA) is 106 Å². The van der Waals surface area contributed by atoms with Crippen molar-refractivity contribution in [3.05, 3.63) is 89.9 Å². The molecular weight excluding hydrogens is 434 g/mol. The molecule has 0 saturated carbocycles. The molecule has 2 amide bonds. The highest BCUT2D eigenvalue weighted by Gasteiger charge is 2.15. The predicted molar refractivity (Wildman–Crippen MR) is 129 cm³/mol. The second kappa shape index (κ2) is 10.3. The van der Waals surface area contributed by atoms with E-state index in [1.54, 1.807) is 67.1 Å². The zero-order chi connectivity index (χ0) is 23.9. The fourth-order valence-corrected chi connectivity index (χ4v) is 3.34. The molecule has 0 spiro atoms. The fourth-order valence-electron chi connectivity index (χ4n) is 3.34. The number of pyridine rings is 1. The summed E-state index contributed by atoms with van der Waals surface area (Å²) in [4.78, 5) is 29.1. The van der Waals surface area contributed by atoms with Crippen molar-refractivity contribution >= 4 is 29.4 Å². The lowest BCUT2D eigenvalue weighted by Crippen LogP contribution is -2.20. The minimum Gasteiger partial charge on any atom is -0.495 e. The van der Waals surface area contributed by atoms with Crippen molar-refractivity contribution in [3.8, 4) is 11.5 Å². The van der Waals surface area contributed by atoms with Gasteiger partial charge in [0.25, 0.3) is 11.8 Å². The molecule has 4 rings (SSSR count). The number of hydrogen-bond donors (Lipinski definition) is 2. The van der Waals surface area contributed by atoms with Gasteiger partial charge in [-0.2, -0.15) is 5.10 Å². The molecule has 0 fully saturated rings. The van der Waals surface area contributed by atoms with Gasteiger partial charge < -0.3 is 14.8 Å². The van der Waals surface area contributed by atoms with Crippen molar-refractivity contribution in [1.82, 2.24) is 14.8 Å². The third-order valence-corrected chi connectivity index (χ3v) is 4.93. The Morgan fingerprint density at radius 2 is 1.82 bits per heavy atom. The molecule has 9 nitrogen and oxygen atoms in total. The molecule has 0 aliphatic rings. The van der Waals surface area contributed by atoms with Crippen LogP contribution in [0.25, 0.3) is 5.65 Å². The van der Waals surface area contributed by atoms with Crippen LogP contribution in [0.2, 0.25) is 0 Å². The van der Waals surface area contributed by atoms with Gasteiger partial charge in [0.1, 0.15) is 22.8 Å². The van der Waals surface area contributed by atoms with Crippen LogP contribution in [-0.2, 0) is 4.79 Å². The van der Waals surface area contributed by atoms with Gasteiger partial charge in [-0.05, 0) is 61.0 Å². The average Bonchev–Trinajstić information content (AvgIpc) is 3.19. The summed E-state index contributed by atoms with van der Waals surface area (Å²) in [7, 11) is 1.54. The highest BCUT2D eigenvalue weighted by atomic mass is 16.5. The largest absolute Gasteiger partial charge is 0.495 e. The van der Waals surface area contributed by atoms with Gasteiger partial charge in [0, 0.05) is 6.20 Å². The molecule has 2 heterocycles. The van der Waals surface area contributed by atoms with Gasteiger partial charge in [0.2, 0.25) is 0 Å². The Morgan fingerprint density at radius 1 is 1.06 bits per heavy atom. The summed E-state index contributed by atoms with van der Waals surface area (Å²) in [6, 6.07) is 19.6. The van der Waals surface area contributed by atoms with Crippen LogP contribution in [0.4, 0.5) is 5.69 Å². The number of hydrazone groups is 1. The minimum atomic E-state index is -0.353. The third-order valence-electron chi connectivity index (χ3n) is 4.93.